The maximum Gasteiger partial charge on any atom is 0.339 e. The van der Waals surface area contributed by atoms with E-state index in [4.69, 9.17) is 16.7 Å². The molecule has 0 saturated heterocycles. The number of hydrogen-bond acceptors (Lipinski definition) is 3. The zero-order chi connectivity index (χ0) is 11.0. The number of hydrogen-bond donors (Lipinski definition) is 2. The highest BCUT2D eigenvalue weighted by Gasteiger charge is 2.33. The summed E-state index contributed by atoms with van der Waals surface area (Å²) in [6.45, 7) is 2.10. The molecule has 4 nitrogen and oxygen atoms in total. The van der Waals surface area contributed by atoms with Crippen LogP contribution in [0, 0.1) is 5.92 Å². The van der Waals surface area contributed by atoms with Gasteiger partial charge < -0.3 is 10.4 Å². The summed E-state index contributed by atoms with van der Waals surface area (Å²) in [5.74, 6) is -0.0493. The third-order valence-corrected chi connectivity index (χ3v) is 2.73. The molecule has 1 aliphatic rings. The first-order valence-electron chi connectivity index (χ1n) is 4.74. The summed E-state index contributed by atoms with van der Waals surface area (Å²) in [6, 6.07) is 3.27. The molecule has 1 aliphatic carbocycles. The van der Waals surface area contributed by atoms with Crippen molar-refractivity contribution in [3.8, 4) is 0 Å². The average molecular weight is 227 g/mol. The molecule has 80 valence electrons. The van der Waals surface area contributed by atoms with Crippen molar-refractivity contribution in [2.24, 2.45) is 5.92 Å². The summed E-state index contributed by atoms with van der Waals surface area (Å²) < 4.78 is 0. The first kappa shape index (κ1) is 10.2. The molecule has 2 unspecified atom stereocenters. The molecule has 0 spiro atoms. The van der Waals surface area contributed by atoms with Crippen LogP contribution in [0.1, 0.15) is 23.7 Å². The van der Waals surface area contributed by atoms with Gasteiger partial charge in [-0.05, 0) is 24.5 Å². The van der Waals surface area contributed by atoms with Crippen LogP contribution in [-0.4, -0.2) is 22.1 Å². The normalized spacial score (nSPS) is 23.6. The number of nitrogens with zero attached hydrogens (tertiary/aromatic N) is 1. The van der Waals surface area contributed by atoms with Crippen LogP contribution in [0.3, 0.4) is 0 Å². The van der Waals surface area contributed by atoms with E-state index in [1.807, 2.05) is 0 Å². The summed E-state index contributed by atoms with van der Waals surface area (Å²) >= 11 is 5.72. The second kappa shape index (κ2) is 3.70. The van der Waals surface area contributed by atoms with E-state index in [0.717, 1.165) is 6.42 Å². The van der Waals surface area contributed by atoms with Gasteiger partial charge in [0.1, 0.15) is 16.5 Å². The van der Waals surface area contributed by atoms with Crippen molar-refractivity contribution >= 4 is 23.4 Å². The topological polar surface area (TPSA) is 62.2 Å². The highest BCUT2D eigenvalue weighted by molar-refractivity contribution is 6.29. The highest BCUT2D eigenvalue weighted by atomic mass is 35.5. The van der Waals surface area contributed by atoms with Crippen LogP contribution in [-0.2, 0) is 0 Å². The lowest BCUT2D eigenvalue weighted by Crippen LogP contribution is -2.11. The molecule has 0 amide bonds. The zero-order valence-electron chi connectivity index (χ0n) is 8.20. The fourth-order valence-corrected chi connectivity index (χ4v) is 1.56. The standard InChI is InChI=1S/C10H11ClN2O2/c1-5-4-7(5)12-9-6(10(14)15)2-3-8(11)13-9/h2-3,5,7H,4H2,1H3,(H,12,13)(H,14,15). The predicted molar refractivity (Wildman–Crippen MR) is 57.4 cm³/mol. The lowest BCUT2D eigenvalue weighted by Gasteiger charge is -2.07. The number of carboxylic acids is 1. The Bertz CT molecular complexity index is 408. The average Bonchev–Trinajstić information content (AvgIpc) is 2.81. The van der Waals surface area contributed by atoms with Crippen molar-refractivity contribution in [1.29, 1.82) is 0 Å². The lowest BCUT2D eigenvalue weighted by molar-refractivity contribution is 0.0697. The lowest BCUT2D eigenvalue weighted by atomic mass is 10.2. The van der Waals surface area contributed by atoms with Crippen molar-refractivity contribution in [1.82, 2.24) is 4.98 Å². The molecule has 1 aromatic rings. The van der Waals surface area contributed by atoms with Crippen molar-refractivity contribution in [3.05, 3.63) is 22.8 Å². The monoisotopic (exact) mass is 226 g/mol. The van der Waals surface area contributed by atoms with Crippen molar-refractivity contribution in [2.75, 3.05) is 5.32 Å². The number of halogens is 1. The van der Waals surface area contributed by atoms with Crippen LogP contribution >= 0.6 is 11.6 Å². The maximum atomic E-state index is 10.9. The molecule has 15 heavy (non-hydrogen) atoms. The maximum absolute atomic E-state index is 10.9. The first-order valence-corrected chi connectivity index (χ1v) is 5.12. The van der Waals surface area contributed by atoms with Crippen LogP contribution in [0.15, 0.2) is 12.1 Å². The van der Waals surface area contributed by atoms with E-state index in [1.165, 1.54) is 12.1 Å². The van der Waals surface area contributed by atoms with Gasteiger partial charge in [-0.1, -0.05) is 18.5 Å². The fourth-order valence-electron chi connectivity index (χ4n) is 1.42. The molecule has 0 aliphatic heterocycles. The van der Waals surface area contributed by atoms with Crippen molar-refractivity contribution < 1.29 is 9.90 Å². The highest BCUT2D eigenvalue weighted by Crippen LogP contribution is 2.33. The molecular formula is C10H11ClN2O2. The van der Waals surface area contributed by atoms with E-state index in [9.17, 15) is 4.79 Å². The van der Waals surface area contributed by atoms with Crippen molar-refractivity contribution in [3.63, 3.8) is 0 Å². The molecule has 2 atom stereocenters. The predicted octanol–water partition coefficient (Wildman–Crippen LogP) is 2.25. The number of rotatable bonds is 3. The van der Waals surface area contributed by atoms with Gasteiger partial charge in [0, 0.05) is 6.04 Å². The summed E-state index contributed by atoms with van der Waals surface area (Å²) in [6.07, 6.45) is 1.05. The minimum absolute atomic E-state index is 0.165. The van der Waals surface area contributed by atoms with Gasteiger partial charge in [-0.3, -0.25) is 0 Å². The van der Waals surface area contributed by atoms with Crippen LogP contribution in [0.25, 0.3) is 0 Å². The Morgan fingerprint density at radius 2 is 2.33 bits per heavy atom. The Morgan fingerprint density at radius 3 is 2.87 bits per heavy atom. The number of aromatic carboxylic acids is 1. The third kappa shape index (κ3) is 2.21. The van der Waals surface area contributed by atoms with E-state index in [-0.39, 0.29) is 5.56 Å². The van der Waals surface area contributed by atoms with Gasteiger partial charge >= 0.3 is 5.97 Å². The van der Waals surface area contributed by atoms with Gasteiger partial charge in [-0.15, -0.1) is 0 Å². The molecule has 1 saturated carbocycles. The van der Waals surface area contributed by atoms with Gasteiger partial charge in [-0.25, -0.2) is 9.78 Å². The fraction of sp³-hybridized carbons (Fsp3) is 0.400. The summed E-state index contributed by atoms with van der Waals surface area (Å²) in [5.41, 5.74) is 0.165. The van der Waals surface area contributed by atoms with Crippen molar-refractivity contribution in [2.45, 2.75) is 19.4 Å². The minimum atomic E-state index is -0.991. The molecule has 5 heteroatoms. The number of anilines is 1. The Balaban J connectivity index is 2.26. The Kier molecular flexibility index (Phi) is 2.52. The van der Waals surface area contributed by atoms with Crippen LogP contribution < -0.4 is 5.32 Å². The Hall–Kier alpha value is -1.29. The smallest absolute Gasteiger partial charge is 0.339 e. The van der Waals surface area contributed by atoms with Gasteiger partial charge in [0.05, 0.1) is 0 Å². The second-order valence-corrected chi connectivity index (χ2v) is 4.19. The molecule has 1 aromatic heterocycles. The molecular weight excluding hydrogens is 216 g/mol. The van der Waals surface area contributed by atoms with E-state index < -0.39 is 5.97 Å². The third-order valence-electron chi connectivity index (χ3n) is 2.52. The number of aromatic nitrogens is 1. The van der Waals surface area contributed by atoms with E-state index in [1.54, 1.807) is 0 Å². The summed E-state index contributed by atoms with van der Waals surface area (Å²) in [5, 5.41) is 12.3. The molecule has 2 rings (SSSR count). The Labute approximate surface area is 92.3 Å². The number of nitrogens with one attached hydrogen (secondary N) is 1. The number of carboxylic acid groups (broad SMARTS) is 1. The molecule has 0 radical (unpaired) electrons. The molecule has 0 bridgehead atoms. The second-order valence-electron chi connectivity index (χ2n) is 3.80. The van der Waals surface area contributed by atoms with Gasteiger partial charge in [-0.2, -0.15) is 0 Å². The minimum Gasteiger partial charge on any atom is -0.478 e. The molecule has 0 aromatic carbocycles. The zero-order valence-corrected chi connectivity index (χ0v) is 8.95. The van der Waals surface area contributed by atoms with E-state index >= 15 is 0 Å². The largest absolute Gasteiger partial charge is 0.478 e. The molecule has 2 N–H and O–H groups in total. The summed E-state index contributed by atoms with van der Waals surface area (Å²) in [7, 11) is 0. The molecule has 1 heterocycles. The number of carbonyl (C=O) groups is 1. The quantitative estimate of drug-likeness (QED) is 0.776. The number of pyridine rings is 1. The van der Waals surface area contributed by atoms with Gasteiger partial charge in [0.15, 0.2) is 0 Å². The first-order chi connectivity index (χ1) is 7.08. The van der Waals surface area contributed by atoms with Crippen LogP contribution in [0.5, 0.6) is 0 Å². The van der Waals surface area contributed by atoms with Gasteiger partial charge in [0.2, 0.25) is 0 Å². The van der Waals surface area contributed by atoms with Gasteiger partial charge in [0.25, 0.3) is 0 Å². The van der Waals surface area contributed by atoms with Crippen LogP contribution in [0.4, 0.5) is 5.82 Å². The molecule has 1 fully saturated rings. The SMILES string of the molecule is CC1CC1Nc1nc(Cl)ccc1C(=O)O. The van der Waals surface area contributed by atoms with Crippen LogP contribution in [0.2, 0.25) is 5.15 Å². The van der Waals surface area contributed by atoms with E-state index in [2.05, 4.69) is 17.2 Å². The Morgan fingerprint density at radius 1 is 1.67 bits per heavy atom. The van der Waals surface area contributed by atoms with E-state index in [0.29, 0.717) is 22.9 Å². The summed E-state index contributed by atoms with van der Waals surface area (Å²) in [4.78, 5) is 14.9.